The summed E-state index contributed by atoms with van der Waals surface area (Å²) in [6.07, 6.45) is 2.17. The van der Waals surface area contributed by atoms with Crippen molar-refractivity contribution < 1.29 is 35.9 Å². The Morgan fingerprint density at radius 1 is 0.846 bits per heavy atom. The third kappa shape index (κ3) is 9.99. The molecule has 0 fully saturated rings. The molecule has 0 saturated heterocycles. The van der Waals surface area contributed by atoms with E-state index < -0.39 is 45.1 Å². The zero-order chi connectivity index (χ0) is 30.0. The van der Waals surface area contributed by atoms with Crippen molar-refractivity contribution in [2.24, 2.45) is 5.84 Å². The summed E-state index contributed by atoms with van der Waals surface area (Å²) in [5.41, 5.74) is 2.23. The standard InChI is InChI=1S/C10H12Cl2N2O4S.C10H15ClN4O4S/c1-3-18-9(15)6-14(2)19(16,17)7-4-8(11)10(12)13-5-7;1-3-19-9(16)6-15(2)20(17,18)7-4-8(11)10(14-12)13-5-7/h4-5H,3,6H2,1-2H3;4-5H,3,6,12H2,1-2H3,(H,13,14). The summed E-state index contributed by atoms with van der Waals surface area (Å²) in [7, 11) is -5.23. The average Bonchev–Trinajstić information content (AvgIpc) is 2.86. The van der Waals surface area contributed by atoms with Gasteiger partial charge >= 0.3 is 11.9 Å². The quantitative estimate of drug-likeness (QED) is 0.155. The lowest BCUT2D eigenvalue weighted by Gasteiger charge is -2.16. The van der Waals surface area contributed by atoms with Crippen LogP contribution in [0.25, 0.3) is 0 Å². The van der Waals surface area contributed by atoms with Crippen molar-refractivity contribution in [2.75, 3.05) is 45.8 Å². The number of hydrogen-bond donors (Lipinski definition) is 2. The van der Waals surface area contributed by atoms with Gasteiger partial charge < -0.3 is 14.9 Å². The molecule has 0 aromatic carbocycles. The Hall–Kier alpha value is -2.31. The van der Waals surface area contributed by atoms with Gasteiger partial charge in [-0.15, -0.1) is 0 Å². The number of esters is 2. The number of carbonyl (C=O) groups is 2. The first-order chi connectivity index (χ1) is 18.1. The van der Waals surface area contributed by atoms with E-state index in [1.165, 1.54) is 26.2 Å². The molecule has 0 aliphatic carbocycles. The van der Waals surface area contributed by atoms with Crippen LogP contribution < -0.4 is 11.3 Å². The molecule has 0 radical (unpaired) electrons. The van der Waals surface area contributed by atoms with Gasteiger partial charge in [0, 0.05) is 26.5 Å². The molecule has 0 aliphatic rings. The molecular weight excluding hydrogens is 623 g/mol. The largest absolute Gasteiger partial charge is 0.465 e. The zero-order valence-corrected chi connectivity index (χ0v) is 25.1. The molecule has 2 rings (SSSR count). The normalized spacial score (nSPS) is 11.5. The third-order valence-electron chi connectivity index (χ3n) is 4.45. The molecule has 0 unspecified atom stereocenters. The molecule has 14 nitrogen and oxygen atoms in total. The Bertz CT molecular complexity index is 1380. The van der Waals surface area contributed by atoms with Gasteiger partial charge in [-0.3, -0.25) is 9.59 Å². The third-order valence-corrected chi connectivity index (χ3v) is 8.97. The van der Waals surface area contributed by atoms with Crippen molar-refractivity contribution in [3.05, 3.63) is 39.7 Å². The van der Waals surface area contributed by atoms with E-state index in [0.29, 0.717) is 0 Å². The molecule has 0 bridgehead atoms. The lowest BCUT2D eigenvalue weighted by Crippen LogP contribution is -2.33. The highest BCUT2D eigenvalue weighted by Gasteiger charge is 2.26. The molecule has 2 aromatic heterocycles. The van der Waals surface area contributed by atoms with E-state index in [2.05, 4.69) is 20.1 Å². The van der Waals surface area contributed by atoms with Gasteiger partial charge in [0.2, 0.25) is 20.0 Å². The molecule has 19 heteroatoms. The molecule has 0 amide bonds. The number of hydrazine groups is 1. The summed E-state index contributed by atoms with van der Waals surface area (Å²) in [6, 6.07) is 2.37. The number of carbonyl (C=O) groups excluding carboxylic acids is 2. The van der Waals surface area contributed by atoms with Crippen LogP contribution in [0.3, 0.4) is 0 Å². The lowest BCUT2D eigenvalue weighted by atomic mass is 10.5. The fraction of sp³-hybridized carbons (Fsp3) is 0.400. The Morgan fingerprint density at radius 3 is 1.62 bits per heavy atom. The second kappa shape index (κ2) is 15.5. The number of pyridine rings is 2. The summed E-state index contributed by atoms with van der Waals surface area (Å²) < 4.78 is 59.7. The van der Waals surface area contributed by atoms with Crippen LogP contribution in [0.1, 0.15) is 13.8 Å². The van der Waals surface area contributed by atoms with Crippen molar-refractivity contribution in [3.63, 3.8) is 0 Å². The van der Waals surface area contributed by atoms with E-state index in [1.54, 1.807) is 13.8 Å². The van der Waals surface area contributed by atoms with E-state index in [1.807, 2.05) is 0 Å². The second-order valence-corrected chi connectivity index (χ2v) is 12.5. The van der Waals surface area contributed by atoms with Crippen LogP contribution in [-0.4, -0.2) is 87.8 Å². The van der Waals surface area contributed by atoms with E-state index in [-0.39, 0.29) is 44.0 Å². The van der Waals surface area contributed by atoms with Crippen LogP contribution >= 0.6 is 34.8 Å². The summed E-state index contributed by atoms with van der Waals surface area (Å²) in [4.78, 5) is 29.7. The van der Waals surface area contributed by atoms with Crippen LogP contribution in [0.5, 0.6) is 0 Å². The molecule has 0 saturated carbocycles. The summed E-state index contributed by atoms with van der Waals surface area (Å²) >= 11 is 17.1. The number of rotatable bonds is 11. The molecule has 0 aliphatic heterocycles. The highest BCUT2D eigenvalue weighted by molar-refractivity contribution is 7.89. The molecule has 2 aromatic rings. The number of hydrogen-bond acceptors (Lipinski definition) is 12. The van der Waals surface area contributed by atoms with Gasteiger partial charge in [0.25, 0.3) is 0 Å². The minimum absolute atomic E-state index is 0.00802. The van der Waals surface area contributed by atoms with Gasteiger partial charge in [0.15, 0.2) is 5.82 Å². The average molecular weight is 650 g/mol. The maximum absolute atomic E-state index is 12.2. The number of nitrogens with zero attached hydrogens (tertiary/aromatic N) is 4. The van der Waals surface area contributed by atoms with Gasteiger partial charge in [-0.1, -0.05) is 34.8 Å². The maximum atomic E-state index is 12.2. The Kier molecular flexibility index (Phi) is 13.8. The molecule has 0 spiro atoms. The number of aromatic nitrogens is 2. The van der Waals surface area contributed by atoms with Crippen LogP contribution in [0.15, 0.2) is 34.3 Å². The SMILES string of the molecule is CCOC(=O)CN(C)S(=O)(=O)c1cnc(Cl)c(Cl)c1.CCOC(=O)CN(C)S(=O)(=O)c1cnc(NN)c(Cl)c1. The van der Waals surface area contributed by atoms with Crippen molar-refractivity contribution in [1.82, 2.24) is 18.6 Å². The maximum Gasteiger partial charge on any atom is 0.321 e. The van der Waals surface area contributed by atoms with E-state index in [0.717, 1.165) is 21.0 Å². The predicted octanol–water partition coefficient (Wildman–Crippen LogP) is 1.78. The molecule has 0 atom stereocenters. The predicted molar refractivity (Wildman–Crippen MR) is 144 cm³/mol. The zero-order valence-electron chi connectivity index (χ0n) is 21.2. The van der Waals surface area contributed by atoms with Gasteiger partial charge in [-0.25, -0.2) is 32.6 Å². The first-order valence-corrected chi connectivity index (χ1v) is 14.8. The van der Waals surface area contributed by atoms with Gasteiger partial charge in [0.1, 0.15) is 28.0 Å². The monoisotopic (exact) mass is 648 g/mol. The number of nitrogen functional groups attached to an aromatic ring is 1. The van der Waals surface area contributed by atoms with Gasteiger partial charge in [0.05, 0.1) is 23.3 Å². The minimum Gasteiger partial charge on any atom is -0.465 e. The molecule has 39 heavy (non-hydrogen) atoms. The molecular formula is C20H27Cl3N6O8S2. The number of nitrogens with one attached hydrogen (secondary N) is 1. The highest BCUT2D eigenvalue weighted by atomic mass is 35.5. The first-order valence-electron chi connectivity index (χ1n) is 10.8. The number of halogens is 3. The van der Waals surface area contributed by atoms with Crippen molar-refractivity contribution >= 4 is 72.6 Å². The lowest BCUT2D eigenvalue weighted by molar-refractivity contribution is -0.144. The number of ether oxygens (including phenoxy) is 2. The topological polar surface area (TPSA) is 191 Å². The summed E-state index contributed by atoms with van der Waals surface area (Å²) in [5.74, 6) is 4.02. The van der Waals surface area contributed by atoms with Gasteiger partial charge in [-0.05, 0) is 26.0 Å². The van der Waals surface area contributed by atoms with Crippen molar-refractivity contribution in [3.8, 4) is 0 Å². The second-order valence-electron chi connectivity index (χ2n) is 7.22. The van der Waals surface area contributed by atoms with E-state index >= 15 is 0 Å². The Morgan fingerprint density at radius 2 is 1.26 bits per heavy atom. The first kappa shape index (κ1) is 34.7. The fourth-order valence-corrected chi connectivity index (χ4v) is 5.31. The minimum atomic E-state index is -3.88. The number of anilines is 1. The van der Waals surface area contributed by atoms with Crippen molar-refractivity contribution in [1.29, 1.82) is 0 Å². The number of sulfonamides is 2. The highest BCUT2D eigenvalue weighted by Crippen LogP contribution is 2.24. The van der Waals surface area contributed by atoms with Crippen molar-refractivity contribution in [2.45, 2.75) is 23.6 Å². The van der Waals surface area contributed by atoms with Crippen LogP contribution in [0.2, 0.25) is 15.2 Å². The molecule has 3 N–H and O–H groups in total. The summed E-state index contributed by atoms with van der Waals surface area (Å²) in [6.45, 7) is 2.84. The van der Waals surface area contributed by atoms with Crippen LogP contribution in [0, 0.1) is 0 Å². The number of nitrogens with two attached hydrogens (primary N) is 1. The van der Waals surface area contributed by atoms with E-state index in [4.69, 9.17) is 45.4 Å². The molecule has 2 heterocycles. The van der Waals surface area contributed by atoms with E-state index in [9.17, 15) is 26.4 Å². The Labute approximate surface area is 241 Å². The van der Waals surface area contributed by atoms with Crippen LogP contribution in [-0.2, 0) is 39.1 Å². The smallest absolute Gasteiger partial charge is 0.321 e. The molecule has 218 valence electrons. The van der Waals surface area contributed by atoms with Gasteiger partial charge in [-0.2, -0.15) is 8.61 Å². The Balaban J connectivity index is 0.000000391. The fourth-order valence-electron chi connectivity index (χ4n) is 2.52. The van der Waals surface area contributed by atoms with Crippen LogP contribution in [0.4, 0.5) is 5.82 Å². The number of likely N-dealkylation sites (N-methyl/N-ethyl adjacent to an activating group) is 2. The summed E-state index contributed by atoms with van der Waals surface area (Å²) in [5, 5.41) is 0.0825.